The summed E-state index contributed by atoms with van der Waals surface area (Å²) in [7, 11) is 0. The lowest BCUT2D eigenvalue weighted by Crippen LogP contribution is -2.14. The first-order chi connectivity index (χ1) is 11.6. The van der Waals surface area contributed by atoms with Crippen LogP contribution >= 0.6 is 0 Å². The van der Waals surface area contributed by atoms with Crippen molar-refractivity contribution in [2.75, 3.05) is 0 Å². The van der Waals surface area contributed by atoms with Gasteiger partial charge in [0.25, 0.3) is 5.56 Å². The molecule has 0 radical (unpaired) electrons. The van der Waals surface area contributed by atoms with Gasteiger partial charge in [-0.05, 0) is 23.8 Å². The lowest BCUT2D eigenvalue weighted by atomic mass is 10.1. The molecule has 0 aliphatic carbocycles. The normalized spacial score (nSPS) is 11.2. The lowest BCUT2D eigenvalue weighted by molar-refractivity contribution is -0.136. The summed E-state index contributed by atoms with van der Waals surface area (Å²) in [5.41, 5.74) is 3.14. The maximum absolute atomic E-state index is 12.6. The number of fused-ring (bicyclic) bond motifs is 3. The summed E-state index contributed by atoms with van der Waals surface area (Å²) < 4.78 is 1.34. The molecule has 0 unspecified atom stereocenters. The Kier molecular flexibility index (Phi) is 3.16. The largest absolute Gasteiger partial charge is 0.481 e. The zero-order valence-electron chi connectivity index (χ0n) is 12.6. The third-order valence-corrected chi connectivity index (χ3v) is 3.97. The highest BCUT2D eigenvalue weighted by Crippen LogP contribution is 2.25. The Morgan fingerprint density at radius 3 is 2.62 bits per heavy atom. The molecule has 0 spiro atoms. The Labute approximate surface area is 136 Å². The molecule has 2 aromatic rings. The average Bonchev–Trinajstić information content (AvgIpc) is 2.92. The second-order valence-electron chi connectivity index (χ2n) is 5.55. The van der Waals surface area contributed by atoms with E-state index in [4.69, 9.17) is 5.11 Å². The number of hydrogen-bond donors (Lipinski definition) is 2. The van der Waals surface area contributed by atoms with Crippen LogP contribution in [0.15, 0.2) is 59.5 Å². The van der Waals surface area contributed by atoms with Gasteiger partial charge in [0.1, 0.15) is 5.69 Å². The summed E-state index contributed by atoms with van der Waals surface area (Å²) in [6.45, 7) is 0. The highest BCUT2D eigenvalue weighted by Gasteiger charge is 2.18. The minimum absolute atomic E-state index is 0.0504. The van der Waals surface area contributed by atoms with Gasteiger partial charge in [0, 0.05) is 17.1 Å². The van der Waals surface area contributed by atoms with Crippen molar-refractivity contribution in [2.45, 2.75) is 6.42 Å². The fourth-order valence-electron chi connectivity index (χ4n) is 2.81. The molecule has 6 heteroatoms. The molecule has 24 heavy (non-hydrogen) atoms. The number of aromatic amines is 1. The van der Waals surface area contributed by atoms with Crippen molar-refractivity contribution < 1.29 is 9.90 Å². The first kappa shape index (κ1) is 14.2. The van der Waals surface area contributed by atoms with E-state index < -0.39 is 5.97 Å². The molecule has 0 saturated heterocycles. The van der Waals surface area contributed by atoms with E-state index in [0.29, 0.717) is 22.5 Å². The molecule has 2 aliphatic heterocycles. The van der Waals surface area contributed by atoms with E-state index in [2.05, 4.69) is 10.1 Å². The van der Waals surface area contributed by atoms with Crippen molar-refractivity contribution in [1.82, 2.24) is 14.8 Å². The minimum atomic E-state index is -0.890. The first-order valence-corrected chi connectivity index (χ1v) is 7.44. The summed E-state index contributed by atoms with van der Waals surface area (Å²) in [5, 5.41) is 14.2. The van der Waals surface area contributed by atoms with Crippen LogP contribution in [0.1, 0.15) is 5.56 Å². The van der Waals surface area contributed by atoms with Crippen LogP contribution in [-0.4, -0.2) is 25.8 Å². The molecule has 2 aromatic carbocycles. The van der Waals surface area contributed by atoms with Crippen LogP contribution < -0.4 is 5.56 Å². The van der Waals surface area contributed by atoms with E-state index in [-0.39, 0.29) is 12.0 Å². The molecule has 0 bridgehead atoms. The van der Waals surface area contributed by atoms with E-state index in [9.17, 15) is 9.59 Å². The quantitative estimate of drug-likeness (QED) is 0.607. The van der Waals surface area contributed by atoms with Crippen LogP contribution in [0.4, 0.5) is 0 Å². The van der Waals surface area contributed by atoms with Crippen molar-refractivity contribution in [3.63, 3.8) is 0 Å². The number of carboxylic acids is 1. The van der Waals surface area contributed by atoms with Gasteiger partial charge in [0.2, 0.25) is 0 Å². The smallest absolute Gasteiger partial charge is 0.307 e. The van der Waals surface area contributed by atoms with Crippen molar-refractivity contribution in [3.8, 4) is 16.9 Å². The molecule has 2 aliphatic rings. The average molecular weight is 319 g/mol. The summed E-state index contributed by atoms with van der Waals surface area (Å²) >= 11 is 0. The summed E-state index contributed by atoms with van der Waals surface area (Å²) in [5.74, 6) is -0.890. The van der Waals surface area contributed by atoms with Crippen LogP contribution in [-0.2, 0) is 11.2 Å². The number of carboxylic acid groups (broad SMARTS) is 1. The number of nitrogens with zero attached hydrogens (tertiary/aromatic N) is 2. The molecule has 0 fully saturated rings. The zero-order valence-corrected chi connectivity index (χ0v) is 12.6. The lowest BCUT2D eigenvalue weighted by Gasteiger charge is -2.02. The molecule has 0 amide bonds. The van der Waals surface area contributed by atoms with Crippen LogP contribution in [0.2, 0.25) is 0 Å². The summed E-state index contributed by atoms with van der Waals surface area (Å²) in [6, 6.07) is 14.5. The van der Waals surface area contributed by atoms with Crippen molar-refractivity contribution >= 4 is 16.9 Å². The third-order valence-electron chi connectivity index (χ3n) is 3.97. The Hall–Kier alpha value is -3.41. The number of benzene rings is 2. The number of aliphatic carboxylic acids is 1. The number of para-hydroxylation sites is 1. The van der Waals surface area contributed by atoms with Gasteiger partial charge in [-0.2, -0.15) is 9.78 Å². The molecule has 2 heterocycles. The SMILES string of the molecule is O=C(O)Cc1ccc(-n2nc3c4ccccc4[nH]cc-3c2=O)cc1. The van der Waals surface area contributed by atoms with E-state index in [1.54, 1.807) is 30.5 Å². The summed E-state index contributed by atoms with van der Waals surface area (Å²) in [6.07, 6.45) is 1.62. The van der Waals surface area contributed by atoms with E-state index in [1.807, 2.05) is 24.3 Å². The monoisotopic (exact) mass is 319 g/mol. The fraction of sp³-hybridized carbons (Fsp3) is 0.0556. The molecule has 0 aromatic heterocycles. The molecular formula is C18H13N3O3. The maximum atomic E-state index is 12.6. The van der Waals surface area contributed by atoms with E-state index in [0.717, 1.165) is 10.9 Å². The number of aromatic nitrogens is 3. The van der Waals surface area contributed by atoms with Crippen LogP contribution in [0.25, 0.3) is 27.8 Å². The first-order valence-electron chi connectivity index (χ1n) is 7.44. The number of carbonyl (C=O) groups is 1. The van der Waals surface area contributed by atoms with Gasteiger partial charge in [0.05, 0.1) is 17.7 Å². The van der Waals surface area contributed by atoms with Gasteiger partial charge in [0.15, 0.2) is 0 Å². The number of hydrogen-bond acceptors (Lipinski definition) is 3. The highest BCUT2D eigenvalue weighted by atomic mass is 16.4. The Morgan fingerprint density at radius 2 is 1.88 bits per heavy atom. The highest BCUT2D eigenvalue weighted by molar-refractivity contribution is 5.93. The van der Waals surface area contributed by atoms with Crippen molar-refractivity contribution in [3.05, 3.63) is 70.6 Å². The molecule has 118 valence electrons. The van der Waals surface area contributed by atoms with Crippen molar-refractivity contribution in [1.29, 1.82) is 0 Å². The zero-order chi connectivity index (χ0) is 16.7. The Balaban J connectivity index is 1.86. The van der Waals surface area contributed by atoms with Gasteiger partial charge in [-0.15, -0.1) is 0 Å². The number of nitrogens with one attached hydrogen (secondary N) is 1. The van der Waals surface area contributed by atoms with Gasteiger partial charge >= 0.3 is 5.97 Å². The van der Waals surface area contributed by atoms with Gasteiger partial charge in [-0.25, -0.2) is 0 Å². The molecule has 2 N–H and O–H groups in total. The molecule has 6 nitrogen and oxygen atoms in total. The standard InChI is InChI=1S/C18H13N3O3/c22-16(23)9-11-5-7-12(8-6-11)21-18(24)14-10-19-15-4-2-1-3-13(15)17(14)20-21/h1-8,10,19H,9H2,(H,22,23). The number of H-pyrrole nitrogens is 1. The number of rotatable bonds is 3. The van der Waals surface area contributed by atoms with Gasteiger partial charge in [-0.1, -0.05) is 30.3 Å². The fourth-order valence-corrected chi connectivity index (χ4v) is 2.81. The molecule has 4 rings (SSSR count). The number of pyridine rings is 1. The predicted molar refractivity (Wildman–Crippen MR) is 89.7 cm³/mol. The summed E-state index contributed by atoms with van der Waals surface area (Å²) in [4.78, 5) is 26.5. The third kappa shape index (κ3) is 2.25. The van der Waals surface area contributed by atoms with Crippen molar-refractivity contribution in [2.24, 2.45) is 0 Å². The Bertz CT molecular complexity index is 1080. The van der Waals surface area contributed by atoms with Crippen LogP contribution in [0.5, 0.6) is 0 Å². The van der Waals surface area contributed by atoms with Gasteiger partial charge in [-0.3, -0.25) is 9.59 Å². The second kappa shape index (κ2) is 5.34. The van der Waals surface area contributed by atoms with E-state index >= 15 is 0 Å². The predicted octanol–water partition coefficient (Wildman–Crippen LogP) is 2.45. The van der Waals surface area contributed by atoms with Crippen LogP contribution in [0.3, 0.4) is 0 Å². The topological polar surface area (TPSA) is 88.0 Å². The minimum Gasteiger partial charge on any atom is -0.481 e. The molecule has 0 atom stereocenters. The maximum Gasteiger partial charge on any atom is 0.307 e. The van der Waals surface area contributed by atoms with Crippen LogP contribution in [0, 0.1) is 0 Å². The molecule has 0 saturated carbocycles. The second-order valence-corrected chi connectivity index (χ2v) is 5.55. The van der Waals surface area contributed by atoms with Gasteiger partial charge < -0.3 is 10.1 Å². The van der Waals surface area contributed by atoms with E-state index in [1.165, 1.54) is 4.68 Å². The molecular weight excluding hydrogens is 306 g/mol. The Morgan fingerprint density at radius 1 is 1.12 bits per heavy atom.